The molecule has 1 fully saturated rings. The van der Waals surface area contributed by atoms with Crippen LogP contribution in [0.25, 0.3) is 0 Å². The first-order valence-corrected chi connectivity index (χ1v) is 9.96. The van der Waals surface area contributed by atoms with E-state index in [1.165, 1.54) is 5.56 Å². The maximum absolute atomic E-state index is 13.4. The Morgan fingerprint density at radius 3 is 2.56 bits per heavy atom. The van der Waals surface area contributed by atoms with Gasteiger partial charge in [-0.3, -0.25) is 9.59 Å². The van der Waals surface area contributed by atoms with Crippen LogP contribution in [0.3, 0.4) is 0 Å². The molecule has 1 aromatic rings. The molecule has 3 atom stereocenters. The number of nitrogens with zero attached hydrogens (tertiary/aromatic N) is 1. The highest BCUT2D eigenvalue weighted by atomic mass is 35.5. The number of hydrogen-bond acceptors (Lipinski definition) is 3. The molecule has 0 aromatic heterocycles. The Labute approximate surface area is 168 Å². The minimum Gasteiger partial charge on any atom is -0.356 e. The van der Waals surface area contributed by atoms with Gasteiger partial charge in [-0.05, 0) is 57.8 Å². The second kappa shape index (κ2) is 10.1. The van der Waals surface area contributed by atoms with Crippen molar-refractivity contribution in [3.63, 3.8) is 0 Å². The number of hydrogen-bond donors (Lipinski definition) is 2. The minimum absolute atomic E-state index is 0. The van der Waals surface area contributed by atoms with Crippen molar-refractivity contribution in [3.8, 4) is 0 Å². The first-order valence-electron chi connectivity index (χ1n) is 9.96. The number of anilines is 1. The monoisotopic (exact) mass is 393 g/mol. The predicted octanol–water partition coefficient (Wildman–Crippen LogP) is 2.92. The molecule has 6 heteroatoms. The largest absolute Gasteiger partial charge is 0.356 e. The van der Waals surface area contributed by atoms with Gasteiger partial charge in [0.15, 0.2) is 0 Å². The zero-order valence-electron chi connectivity index (χ0n) is 16.4. The maximum atomic E-state index is 13.4. The molecule has 0 bridgehead atoms. The van der Waals surface area contributed by atoms with E-state index in [1.807, 2.05) is 30.1 Å². The standard InChI is InChI=1S/C21H31N3O2.ClH/c1-15-14-16-8-3-6-11-19(16)24(15)21(26)18-10-5-4-9-17(18)20(25)23-13-7-12-22-2;/h3,6,8,11,15,17-18,22H,4-5,7,9-10,12-14H2,1-2H3,(H,23,25);1H. The SMILES string of the molecule is CNCCCNC(=O)C1CCCCC1C(=O)N1c2ccccc2CC1C.Cl. The number of halogens is 1. The first-order chi connectivity index (χ1) is 12.6. The summed E-state index contributed by atoms with van der Waals surface area (Å²) in [5.41, 5.74) is 2.26. The summed E-state index contributed by atoms with van der Waals surface area (Å²) >= 11 is 0. The highest BCUT2D eigenvalue weighted by molar-refractivity contribution is 6.00. The van der Waals surface area contributed by atoms with Gasteiger partial charge in [0, 0.05) is 24.2 Å². The van der Waals surface area contributed by atoms with Crippen LogP contribution in [0.4, 0.5) is 5.69 Å². The van der Waals surface area contributed by atoms with Crippen molar-refractivity contribution in [1.29, 1.82) is 0 Å². The lowest BCUT2D eigenvalue weighted by Crippen LogP contribution is -2.47. The van der Waals surface area contributed by atoms with E-state index in [1.54, 1.807) is 0 Å². The average molecular weight is 394 g/mol. The van der Waals surface area contributed by atoms with Crippen LogP contribution in [-0.2, 0) is 16.0 Å². The lowest BCUT2D eigenvalue weighted by Gasteiger charge is -2.34. The molecule has 1 saturated carbocycles. The van der Waals surface area contributed by atoms with Crippen LogP contribution in [0.5, 0.6) is 0 Å². The van der Waals surface area contributed by atoms with Crippen LogP contribution >= 0.6 is 12.4 Å². The summed E-state index contributed by atoms with van der Waals surface area (Å²) in [6, 6.07) is 8.32. The fourth-order valence-corrected chi connectivity index (χ4v) is 4.43. The molecule has 2 aliphatic rings. The Balaban J connectivity index is 0.00000261. The number of nitrogens with one attached hydrogen (secondary N) is 2. The van der Waals surface area contributed by atoms with Gasteiger partial charge in [-0.1, -0.05) is 31.0 Å². The van der Waals surface area contributed by atoms with Crippen LogP contribution in [0.15, 0.2) is 24.3 Å². The number of carbonyl (C=O) groups is 2. The van der Waals surface area contributed by atoms with Gasteiger partial charge in [-0.2, -0.15) is 0 Å². The number of para-hydroxylation sites is 1. The Morgan fingerprint density at radius 1 is 1.11 bits per heavy atom. The number of benzene rings is 1. The molecule has 3 rings (SSSR count). The summed E-state index contributed by atoms with van der Waals surface area (Å²) in [4.78, 5) is 28.1. The van der Waals surface area contributed by atoms with Gasteiger partial charge in [0.2, 0.25) is 11.8 Å². The van der Waals surface area contributed by atoms with E-state index >= 15 is 0 Å². The normalized spacial score (nSPS) is 24.1. The molecule has 0 spiro atoms. The number of fused-ring (bicyclic) bond motifs is 1. The minimum atomic E-state index is -0.193. The Hall–Kier alpha value is -1.59. The first kappa shape index (κ1) is 21.7. The summed E-state index contributed by atoms with van der Waals surface area (Å²) in [6.07, 6.45) is 5.50. The Kier molecular flexibility index (Phi) is 8.11. The second-order valence-corrected chi connectivity index (χ2v) is 7.64. The predicted molar refractivity (Wildman–Crippen MR) is 111 cm³/mol. The highest BCUT2D eigenvalue weighted by Gasteiger charge is 2.41. The molecule has 2 amide bonds. The van der Waals surface area contributed by atoms with Crippen molar-refractivity contribution >= 4 is 29.9 Å². The van der Waals surface area contributed by atoms with Crippen molar-refractivity contribution < 1.29 is 9.59 Å². The molecule has 5 nitrogen and oxygen atoms in total. The van der Waals surface area contributed by atoms with Gasteiger partial charge in [-0.15, -0.1) is 12.4 Å². The van der Waals surface area contributed by atoms with Crippen molar-refractivity contribution in [2.24, 2.45) is 11.8 Å². The Bertz CT molecular complexity index is 652. The zero-order valence-corrected chi connectivity index (χ0v) is 17.2. The van der Waals surface area contributed by atoms with Crippen molar-refractivity contribution in [3.05, 3.63) is 29.8 Å². The fraction of sp³-hybridized carbons (Fsp3) is 0.619. The van der Waals surface area contributed by atoms with Crippen LogP contribution in [0.2, 0.25) is 0 Å². The lowest BCUT2D eigenvalue weighted by molar-refractivity contribution is -0.135. The Morgan fingerprint density at radius 2 is 1.81 bits per heavy atom. The third-order valence-electron chi connectivity index (χ3n) is 5.77. The van der Waals surface area contributed by atoms with Gasteiger partial charge < -0.3 is 15.5 Å². The molecular formula is C21H32ClN3O2. The quantitative estimate of drug-likeness (QED) is 0.730. The number of rotatable bonds is 6. The van der Waals surface area contributed by atoms with Crippen LogP contribution in [0, 0.1) is 11.8 Å². The summed E-state index contributed by atoms with van der Waals surface area (Å²) in [5, 5.41) is 6.13. The van der Waals surface area contributed by atoms with Gasteiger partial charge in [0.25, 0.3) is 0 Å². The van der Waals surface area contributed by atoms with Gasteiger partial charge in [0.05, 0.1) is 5.92 Å². The molecule has 1 aliphatic carbocycles. The molecule has 0 saturated heterocycles. The lowest BCUT2D eigenvalue weighted by atomic mass is 9.77. The smallest absolute Gasteiger partial charge is 0.231 e. The van der Waals surface area contributed by atoms with E-state index in [-0.39, 0.29) is 42.1 Å². The average Bonchev–Trinajstić information content (AvgIpc) is 3.00. The highest BCUT2D eigenvalue weighted by Crippen LogP contribution is 2.38. The van der Waals surface area contributed by atoms with Gasteiger partial charge in [-0.25, -0.2) is 0 Å². The second-order valence-electron chi connectivity index (χ2n) is 7.64. The van der Waals surface area contributed by atoms with Crippen molar-refractivity contribution in [2.75, 3.05) is 25.0 Å². The van der Waals surface area contributed by atoms with E-state index in [0.29, 0.717) is 6.54 Å². The van der Waals surface area contributed by atoms with Gasteiger partial charge >= 0.3 is 0 Å². The molecule has 27 heavy (non-hydrogen) atoms. The fourth-order valence-electron chi connectivity index (χ4n) is 4.43. The molecule has 1 aromatic carbocycles. The topological polar surface area (TPSA) is 61.4 Å². The summed E-state index contributed by atoms with van der Waals surface area (Å²) in [7, 11) is 1.91. The summed E-state index contributed by atoms with van der Waals surface area (Å²) in [5.74, 6) is -0.190. The summed E-state index contributed by atoms with van der Waals surface area (Å²) in [6.45, 7) is 3.66. The molecular weight excluding hydrogens is 362 g/mol. The van der Waals surface area contributed by atoms with Crippen molar-refractivity contribution in [2.45, 2.75) is 51.5 Å². The molecule has 3 unspecified atom stereocenters. The molecule has 2 N–H and O–H groups in total. The molecule has 1 aliphatic heterocycles. The zero-order chi connectivity index (χ0) is 18.5. The molecule has 0 radical (unpaired) electrons. The molecule has 1 heterocycles. The van der Waals surface area contributed by atoms with E-state index in [4.69, 9.17) is 0 Å². The number of carbonyl (C=O) groups excluding carboxylic acids is 2. The molecule has 150 valence electrons. The third-order valence-corrected chi connectivity index (χ3v) is 5.77. The van der Waals surface area contributed by atoms with E-state index in [0.717, 1.165) is 50.8 Å². The van der Waals surface area contributed by atoms with Crippen molar-refractivity contribution in [1.82, 2.24) is 10.6 Å². The maximum Gasteiger partial charge on any atom is 0.231 e. The number of amides is 2. The van der Waals surface area contributed by atoms with E-state index in [9.17, 15) is 9.59 Å². The third kappa shape index (κ3) is 4.82. The summed E-state index contributed by atoms with van der Waals surface area (Å²) < 4.78 is 0. The van der Waals surface area contributed by atoms with E-state index in [2.05, 4.69) is 23.6 Å². The van der Waals surface area contributed by atoms with Crippen LogP contribution in [0.1, 0.15) is 44.6 Å². The van der Waals surface area contributed by atoms with E-state index < -0.39 is 0 Å². The van der Waals surface area contributed by atoms with Crippen LogP contribution < -0.4 is 15.5 Å². The van der Waals surface area contributed by atoms with Gasteiger partial charge in [0.1, 0.15) is 0 Å². The van der Waals surface area contributed by atoms with Crippen LogP contribution in [-0.4, -0.2) is 38.0 Å².